The third-order valence-corrected chi connectivity index (χ3v) is 8.89. The number of carbonyl (C=O) groups is 1. The van der Waals surface area contributed by atoms with Crippen LogP contribution in [0, 0.1) is 34.0 Å². The zero-order chi connectivity index (χ0) is 16.7. The molecule has 0 radical (unpaired) electrons. The van der Waals surface area contributed by atoms with Crippen LogP contribution >= 0.6 is 0 Å². The number of carbonyl (C=O) groups excluding carboxylic acids is 1. The first-order valence-corrected chi connectivity index (χ1v) is 9.55. The van der Waals surface area contributed by atoms with Crippen molar-refractivity contribution in [2.75, 3.05) is 6.61 Å². The number of hydrogen-bond donors (Lipinski definition) is 2. The minimum atomic E-state index is -0.849. The number of hydrogen-bond acceptors (Lipinski definition) is 3. The Morgan fingerprint density at radius 2 is 1.83 bits per heavy atom. The highest BCUT2D eigenvalue weighted by Crippen LogP contribution is 2.72. The Labute approximate surface area is 139 Å². The molecule has 2 bridgehead atoms. The largest absolute Gasteiger partial charge is 0.393 e. The quantitative estimate of drug-likeness (QED) is 0.779. The molecule has 4 fully saturated rings. The Morgan fingerprint density at radius 3 is 2.52 bits per heavy atom. The monoisotopic (exact) mass is 320 g/mol. The molecule has 6 unspecified atom stereocenters. The summed E-state index contributed by atoms with van der Waals surface area (Å²) in [7, 11) is 0. The maximum Gasteiger partial charge on any atom is 0.138 e. The van der Waals surface area contributed by atoms with Gasteiger partial charge in [0.05, 0.1) is 12.2 Å². The van der Waals surface area contributed by atoms with E-state index in [2.05, 4.69) is 20.8 Å². The molecule has 2 N–H and O–H groups in total. The number of aliphatic hydroxyl groups is 2. The second-order valence-electron chi connectivity index (χ2n) is 10.1. The summed E-state index contributed by atoms with van der Waals surface area (Å²) in [5, 5.41) is 20.7. The summed E-state index contributed by atoms with van der Waals surface area (Å²) in [6.07, 6.45) is 8.07. The predicted molar refractivity (Wildman–Crippen MR) is 88.8 cm³/mol. The van der Waals surface area contributed by atoms with Gasteiger partial charge < -0.3 is 10.2 Å². The molecule has 0 aliphatic heterocycles. The van der Waals surface area contributed by atoms with Crippen molar-refractivity contribution in [3.8, 4) is 0 Å². The van der Waals surface area contributed by atoms with Crippen molar-refractivity contribution in [2.45, 2.75) is 77.7 Å². The topological polar surface area (TPSA) is 57.5 Å². The lowest BCUT2D eigenvalue weighted by atomic mass is 9.41. The molecule has 0 amide bonds. The van der Waals surface area contributed by atoms with E-state index in [0.717, 1.165) is 44.9 Å². The van der Waals surface area contributed by atoms with Gasteiger partial charge in [-0.05, 0) is 73.5 Å². The van der Waals surface area contributed by atoms with Crippen molar-refractivity contribution in [3.63, 3.8) is 0 Å². The van der Waals surface area contributed by atoms with E-state index >= 15 is 0 Å². The molecule has 0 saturated heterocycles. The SMILES string of the molecule is CC1(C)C(=O)CCC2(C)C3CCC4CC3(CCC12)CC4(O)CO. The normalized spacial score (nSPS) is 54.5. The summed E-state index contributed by atoms with van der Waals surface area (Å²) >= 11 is 0. The molecule has 4 rings (SSSR count). The van der Waals surface area contributed by atoms with Crippen molar-refractivity contribution >= 4 is 5.78 Å². The minimum Gasteiger partial charge on any atom is -0.393 e. The first-order chi connectivity index (χ1) is 10.7. The molecule has 0 aromatic carbocycles. The van der Waals surface area contributed by atoms with Crippen molar-refractivity contribution in [2.24, 2.45) is 34.0 Å². The summed E-state index contributed by atoms with van der Waals surface area (Å²) in [6.45, 7) is 6.68. The molecule has 0 heterocycles. The molecule has 1 spiro atoms. The van der Waals surface area contributed by atoms with Crippen LogP contribution in [0.15, 0.2) is 0 Å². The number of ketones is 1. The van der Waals surface area contributed by atoms with Gasteiger partial charge in [-0.3, -0.25) is 4.79 Å². The lowest BCUT2D eigenvalue weighted by Crippen LogP contribution is -2.58. The third-order valence-electron chi connectivity index (χ3n) is 8.89. The highest BCUT2D eigenvalue weighted by atomic mass is 16.3. The van der Waals surface area contributed by atoms with Gasteiger partial charge in [-0.15, -0.1) is 0 Å². The molecule has 23 heavy (non-hydrogen) atoms. The number of fused-ring (bicyclic) bond motifs is 3. The highest BCUT2D eigenvalue weighted by Gasteiger charge is 2.67. The van der Waals surface area contributed by atoms with Gasteiger partial charge in [0, 0.05) is 11.8 Å². The van der Waals surface area contributed by atoms with Crippen molar-refractivity contribution in [1.29, 1.82) is 0 Å². The summed E-state index contributed by atoms with van der Waals surface area (Å²) in [5.41, 5.74) is -0.612. The highest BCUT2D eigenvalue weighted by molar-refractivity contribution is 5.85. The lowest BCUT2D eigenvalue weighted by Gasteiger charge is -2.63. The van der Waals surface area contributed by atoms with E-state index in [1.165, 1.54) is 6.42 Å². The summed E-state index contributed by atoms with van der Waals surface area (Å²) in [5.74, 6) is 1.81. The van der Waals surface area contributed by atoms with Crippen LogP contribution in [-0.4, -0.2) is 28.2 Å². The molecular weight excluding hydrogens is 288 g/mol. The van der Waals surface area contributed by atoms with Crippen LogP contribution in [0.1, 0.15) is 72.1 Å². The van der Waals surface area contributed by atoms with Crippen molar-refractivity contribution in [3.05, 3.63) is 0 Å². The standard InChI is InChI=1S/C20H32O3/c1-17(2)14-6-9-19-10-13(20(23,11-19)12-21)4-5-15(19)18(14,3)8-7-16(17)22/h13-15,21,23H,4-12H2,1-3H3. The maximum absolute atomic E-state index is 12.5. The van der Waals surface area contributed by atoms with E-state index in [-0.39, 0.29) is 28.8 Å². The van der Waals surface area contributed by atoms with Crippen molar-refractivity contribution in [1.82, 2.24) is 0 Å². The van der Waals surface area contributed by atoms with E-state index in [1.54, 1.807) is 0 Å². The van der Waals surface area contributed by atoms with Crippen LogP contribution in [0.4, 0.5) is 0 Å². The van der Waals surface area contributed by atoms with E-state index in [4.69, 9.17) is 0 Å². The van der Waals surface area contributed by atoms with Crippen LogP contribution in [0.25, 0.3) is 0 Å². The molecule has 4 aliphatic rings. The molecule has 3 heteroatoms. The Balaban J connectivity index is 1.73. The molecule has 4 saturated carbocycles. The predicted octanol–water partition coefficient (Wildman–Crippen LogP) is 3.32. The van der Waals surface area contributed by atoms with E-state index in [9.17, 15) is 15.0 Å². The Bertz CT molecular complexity index is 541. The summed E-state index contributed by atoms with van der Waals surface area (Å²) in [4.78, 5) is 12.5. The van der Waals surface area contributed by atoms with Gasteiger partial charge in [-0.2, -0.15) is 0 Å². The van der Waals surface area contributed by atoms with Gasteiger partial charge in [0.1, 0.15) is 5.78 Å². The number of aliphatic hydroxyl groups excluding tert-OH is 1. The molecule has 4 aliphatic carbocycles. The summed E-state index contributed by atoms with van der Waals surface area (Å²) < 4.78 is 0. The van der Waals surface area contributed by atoms with Crippen LogP contribution in [0.2, 0.25) is 0 Å². The fourth-order valence-electron chi connectivity index (χ4n) is 7.83. The Hall–Kier alpha value is -0.410. The molecule has 0 aromatic heterocycles. The van der Waals surface area contributed by atoms with Crippen LogP contribution in [0.3, 0.4) is 0 Å². The Kier molecular flexibility index (Phi) is 3.22. The first-order valence-electron chi connectivity index (χ1n) is 9.55. The smallest absolute Gasteiger partial charge is 0.138 e. The van der Waals surface area contributed by atoms with Crippen molar-refractivity contribution < 1.29 is 15.0 Å². The zero-order valence-corrected chi connectivity index (χ0v) is 14.9. The van der Waals surface area contributed by atoms with Gasteiger partial charge in [0.2, 0.25) is 0 Å². The molecule has 0 aromatic rings. The van der Waals surface area contributed by atoms with E-state index in [1.807, 2.05) is 0 Å². The average Bonchev–Trinajstić information content (AvgIpc) is 2.70. The van der Waals surface area contributed by atoms with E-state index in [0.29, 0.717) is 17.6 Å². The van der Waals surface area contributed by atoms with Crippen LogP contribution < -0.4 is 0 Å². The zero-order valence-electron chi connectivity index (χ0n) is 14.9. The fourth-order valence-corrected chi connectivity index (χ4v) is 7.83. The van der Waals surface area contributed by atoms with Gasteiger partial charge in [-0.25, -0.2) is 0 Å². The number of Topliss-reactive ketones (excluding diaryl/α,β-unsaturated/α-hetero) is 1. The Morgan fingerprint density at radius 1 is 1.09 bits per heavy atom. The third kappa shape index (κ3) is 1.87. The van der Waals surface area contributed by atoms with E-state index < -0.39 is 5.60 Å². The van der Waals surface area contributed by atoms with Gasteiger partial charge in [0.25, 0.3) is 0 Å². The molecular formula is C20H32O3. The van der Waals surface area contributed by atoms with Crippen LogP contribution in [-0.2, 0) is 4.79 Å². The lowest BCUT2D eigenvalue weighted by molar-refractivity contribution is -0.165. The molecule has 3 nitrogen and oxygen atoms in total. The van der Waals surface area contributed by atoms with Gasteiger partial charge in [0.15, 0.2) is 0 Å². The van der Waals surface area contributed by atoms with Crippen LogP contribution in [0.5, 0.6) is 0 Å². The summed E-state index contributed by atoms with van der Waals surface area (Å²) in [6, 6.07) is 0. The number of rotatable bonds is 1. The minimum absolute atomic E-state index is 0.0870. The molecule has 130 valence electrons. The van der Waals surface area contributed by atoms with Gasteiger partial charge in [-0.1, -0.05) is 20.8 Å². The fraction of sp³-hybridized carbons (Fsp3) is 0.950. The second-order valence-corrected chi connectivity index (χ2v) is 10.1. The first kappa shape index (κ1) is 16.1. The molecule has 6 atom stereocenters. The average molecular weight is 320 g/mol. The second kappa shape index (κ2) is 4.60. The van der Waals surface area contributed by atoms with Gasteiger partial charge >= 0.3 is 0 Å². The maximum atomic E-state index is 12.5.